The van der Waals surface area contributed by atoms with Crippen LogP contribution < -0.4 is 0 Å². The number of hydrogen-bond donors (Lipinski definition) is 1. The van der Waals surface area contributed by atoms with E-state index in [1.54, 1.807) is 0 Å². The molecular weight excluding hydrogens is 272 g/mol. The van der Waals surface area contributed by atoms with Gasteiger partial charge in [-0.05, 0) is 77.7 Å². The minimum Gasteiger partial charge on any atom is -0.389 e. The molecule has 1 N–H and O–H groups in total. The second-order valence-corrected chi connectivity index (χ2v) is 7.53. The lowest BCUT2D eigenvalue weighted by Crippen LogP contribution is -2.19. The van der Waals surface area contributed by atoms with E-state index in [9.17, 15) is 5.11 Å². The van der Waals surface area contributed by atoms with Gasteiger partial charge in [-0.3, -0.25) is 0 Å². The van der Waals surface area contributed by atoms with Gasteiger partial charge < -0.3 is 9.84 Å². The molecule has 0 aromatic carbocycles. The highest BCUT2D eigenvalue weighted by atomic mass is 16.6. The quantitative estimate of drug-likeness (QED) is 0.549. The number of ether oxygens (including phenoxy) is 1. The van der Waals surface area contributed by atoms with Crippen molar-refractivity contribution in [2.24, 2.45) is 5.92 Å². The maximum absolute atomic E-state index is 10.5. The van der Waals surface area contributed by atoms with Crippen LogP contribution in [0.5, 0.6) is 0 Å². The van der Waals surface area contributed by atoms with Crippen molar-refractivity contribution in [3.8, 4) is 0 Å². The predicted molar refractivity (Wildman–Crippen MR) is 92.8 cm³/mol. The van der Waals surface area contributed by atoms with E-state index in [0.29, 0.717) is 12.0 Å². The van der Waals surface area contributed by atoms with Crippen LogP contribution in [0.15, 0.2) is 35.5 Å². The molecule has 1 heterocycles. The molecule has 1 fully saturated rings. The summed E-state index contributed by atoms with van der Waals surface area (Å²) in [6.45, 7) is 12.7. The number of fused-ring (bicyclic) bond motifs is 1. The Morgan fingerprint density at radius 3 is 2.68 bits per heavy atom. The van der Waals surface area contributed by atoms with Crippen molar-refractivity contribution < 1.29 is 9.84 Å². The molecule has 0 aromatic heterocycles. The standard InChI is InChI=1S/C20H32O2/c1-14(2)17-12-18(21)16(4)10-6-8-15(3)9-7-11-20(5)19(13-17)22-20/h9-10,17-19,21H,1,6-8,11-13H2,2-5H3/t17-,18+,19-,20-/m0/s1. The highest BCUT2D eigenvalue weighted by Crippen LogP contribution is 2.45. The summed E-state index contributed by atoms with van der Waals surface area (Å²) >= 11 is 0. The van der Waals surface area contributed by atoms with Gasteiger partial charge in [-0.1, -0.05) is 29.9 Å². The summed E-state index contributed by atoms with van der Waals surface area (Å²) in [4.78, 5) is 0. The molecule has 1 aliphatic heterocycles. The fourth-order valence-electron chi connectivity index (χ4n) is 3.39. The molecule has 0 bridgehead atoms. The van der Waals surface area contributed by atoms with Crippen LogP contribution in [0.1, 0.15) is 66.2 Å². The maximum Gasteiger partial charge on any atom is 0.0923 e. The van der Waals surface area contributed by atoms with E-state index in [-0.39, 0.29) is 11.7 Å². The molecule has 4 atom stereocenters. The van der Waals surface area contributed by atoms with E-state index in [1.807, 2.05) is 6.92 Å². The fourth-order valence-corrected chi connectivity index (χ4v) is 3.39. The summed E-state index contributed by atoms with van der Waals surface area (Å²) in [5, 5.41) is 10.5. The lowest BCUT2D eigenvalue weighted by Gasteiger charge is -2.21. The van der Waals surface area contributed by atoms with Gasteiger partial charge >= 0.3 is 0 Å². The third kappa shape index (κ3) is 4.57. The van der Waals surface area contributed by atoms with Crippen LogP contribution in [0.4, 0.5) is 0 Å². The Kier molecular flexibility index (Phi) is 5.68. The van der Waals surface area contributed by atoms with Gasteiger partial charge in [0.1, 0.15) is 0 Å². The van der Waals surface area contributed by atoms with Crippen LogP contribution in [0.3, 0.4) is 0 Å². The zero-order chi connectivity index (χ0) is 16.3. The number of rotatable bonds is 1. The summed E-state index contributed by atoms with van der Waals surface area (Å²) in [6, 6.07) is 0. The first-order valence-electron chi connectivity index (χ1n) is 8.65. The van der Waals surface area contributed by atoms with Crippen molar-refractivity contribution in [2.45, 2.75) is 84.0 Å². The van der Waals surface area contributed by atoms with Crippen molar-refractivity contribution in [2.75, 3.05) is 0 Å². The summed E-state index contributed by atoms with van der Waals surface area (Å²) in [5.74, 6) is 0.338. The predicted octanol–water partition coefficient (Wildman–Crippen LogP) is 4.94. The molecule has 0 saturated carbocycles. The van der Waals surface area contributed by atoms with Crippen molar-refractivity contribution >= 4 is 0 Å². The lowest BCUT2D eigenvalue weighted by atomic mass is 9.85. The van der Waals surface area contributed by atoms with Crippen LogP contribution >= 0.6 is 0 Å². The number of aliphatic hydroxyl groups excluding tert-OH is 1. The Labute approximate surface area is 136 Å². The first kappa shape index (κ1) is 17.5. The molecule has 2 aliphatic rings. The summed E-state index contributed by atoms with van der Waals surface area (Å²) in [7, 11) is 0. The van der Waals surface area contributed by atoms with Crippen LogP contribution in [0, 0.1) is 5.92 Å². The number of hydrogen-bond acceptors (Lipinski definition) is 2. The molecule has 1 saturated heterocycles. The number of epoxide rings is 1. The van der Waals surface area contributed by atoms with Crippen molar-refractivity contribution in [1.29, 1.82) is 0 Å². The van der Waals surface area contributed by atoms with Crippen LogP contribution in [-0.2, 0) is 4.74 Å². The summed E-state index contributed by atoms with van der Waals surface area (Å²) in [5.41, 5.74) is 3.73. The SMILES string of the molecule is C=C(C)[C@H]1C[C@@H](O)C(C)=CCCC(C)=CCC[C@]2(C)O[C@H]2C1. The third-order valence-corrected chi connectivity index (χ3v) is 5.40. The van der Waals surface area contributed by atoms with Gasteiger partial charge in [-0.25, -0.2) is 0 Å². The van der Waals surface area contributed by atoms with Crippen molar-refractivity contribution in [1.82, 2.24) is 0 Å². The third-order valence-electron chi connectivity index (χ3n) is 5.40. The zero-order valence-corrected chi connectivity index (χ0v) is 14.7. The van der Waals surface area contributed by atoms with E-state index < -0.39 is 0 Å². The van der Waals surface area contributed by atoms with Gasteiger partial charge in [0, 0.05) is 0 Å². The Morgan fingerprint density at radius 2 is 2.00 bits per heavy atom. The topological polar surface area (TPSA) is 32.8 Å². The van der Waals surface area contributed by atoms with Crippen molar-refractivity contribution in [3.63, 3.8) is 0 Å². The summed E-state index contributed by atoms with van der Waals surface area (Å²) < 4.78 is 5.99. The van der Waals surface area contributed by atoms with E-state index in [2.05, 4.69) is 39.5 Å². The Bertz CT molecular complexity index is 474. The van der Waals surface area contributed by atoms with Crippen LogP contribution in [-0.4, -0.2) is 22.9 Å². The molecule has 22 heavy (non-hydrogen) atoms. The van der Waals surface area contributed by atoms with E-state index in [0.717, 1.165) is 49.7 Å². The first-order chi connectivity index (χ1) is 10.3. The molecular formula is C20H32O2. The van der Waals surface area contributed by atoms with Gasteiger partial charge in [-0.2, -0.15) is 0 Å². The first-order valence-corrected chi connectivity index (χ1v) is 8.65. The van der Waals surface area contributed by atoms with E-state index in [4.69, 9.17) is 4.74 Å². The second-order valence-electron chi connectivity index (χ2n) is 7.53. The van der Waals surface area contributed by atoms with Gasteiger partial charge in [0.05, 0.1) is 17.8 Å². The molecule has 0 aromatic rings. The minimum absolute atomic E-state index is 0.0322. The van der Waals surface area contributed by atoms with Gasteiger partial charge in [0.15, 0.2) is 0 Å². The maximum atomic E-state index is 10.5. The molecule has 2 nitrogen and oxygen atoms in total. The number of allylic oxidation sites excluding steroid dienone is 4. The Balaban J connectivity index is 2.12. The molecule has 1 aliphatic carbocycles. The lowest BCUT2D eigenvalue weighted by molar-refractivity contribution is 0.176. The second kappa shape index (κ2) is 7.14. The zero-order valence-electron chi connectivity index (χ0n) is 14.7. The molecule has 2 rings (SSSR count). The molecule has 0 unspecified atom stereocenters. The fraction of sp³-hybridized carbons (Fsp3) is 0.700. The largest absolute Gasteiger partial charge is 0.389 e. The van der Waals surface area contributed by atoms with Gasteiger partial charge in [0.2, 0.25) is 0 Å². The van der Waals surface area contributed by atoms with Gasteiger partial charge in [0.25, 0.3) is 0 Å². The minimum atomic E-state index is -0.362. The van der Waals surface area contributed by atoms with E-state index >= 15 is 0 Å². The molecule has 0 spiro atoms. The highest BCUT2D eigenvalue weighted by molar-refractivity contribution is 5.12. The van der Waals surface area contributed by atoms with E-state index in [1.165, 1.54) is 5.57 Å². The normalized spacial score (nSPS) is 37.4. The average Bonchev–Trinajstić information content (AvgIpc) is 3.07. The number of aliphatic hydroxyl groups is 1. The Morgan fingerprint density at radius 1 is 1.27 bits per heavy atom. The molecule has 0 amide bonds. The smallest absolute Gasteiger partial charge is 0.0923 e. The molecule has 2 heteroatoms. The Hall–Kier alpha value is -0.860. The molecule has 0 radical (unpaired) electrons. The van der Waals surface area contributed by atoms with Crippen LogP contribution in [0.25, 0.3) is 0 Å². The highest BCUT2D eigenvalue weighted by Gasteiger charge is 2.51. The molecule has 124 valence electrons. The average molecular weight is 304 g/mol. The van der Waals surface area contributed by atoms with Crippen molar-refractivity contribution in [3.05, 3.63) is 35.5 Å². The summed E-state index contributed by atoms with van der Waals surface area (Å²) in [6.07, 6.45) is 10.5. The van der Waals surface area contributed by atoms with Crippen LogP contribution in [0.2, 0.25) is 0 Å². The van der Waals surface area contributed by atoms with Gasteiger partial charge in [-0.15, -0.1) is 0 Å². The monoisotopic (exact) mass is 304 g/mol.